The third kappa shape index (κ3) is 6.27. The van der Waals surface area contributed by atoms with Crippen LogP contribution in [0.2, 0.25) is 0 Å². The molecule has 2 aliphatic heterocycles. The van der Waals surface area contributed by atoms with E-state index in [9.17, 15) is 18.0 Å². The molecule has 2 aliphatic rings. The Hall–Kier alpha value is -4.62. The minimum absolute atomic E-state index is 0.292. The Labute approximate surface area is 249 Å². The lowest BCUT2D eigenvalue weighted by Gasteiger charge is -2.29. The fourth-order valence-electron chi connectivity index (χ4n) is 4.85. The number of ether oxygens (including phenoxy) is 1. The van der Waals surface area contributed by atoms with Crippen molar-refractivity contribution in [2.75, 3.05) is 10.7 Å². The van der Waals surface area contributed by atoms with E-state index in [2.05, 4.69) is 44.4 Å². The summed E-state index contributed by atoms with van der Waals surface area (Å²) in [6.45, 7) is 3.96. The van der Waals surface area contributed by atoms with Crippen LogP contribution in [0.5, 0.6) is 5.75 Å². The molecule has 0 bridgehead atoms. The molecule has 1 N–H and O–H groups in total. The van der Waals surface area contributed by atoms with Gasteiger partial charge in [-0.25, -0.2) is 19.9 Å². The first-order valence-corrected chi connectivity index (χ1v) is 14.3. The highest BCUT2D eigenvalue weighted by molar-refractivity contribution is 8.14. The topological polar surface area (TPSA) is 93.9 Å². The molecular formula is C30H25F3N6O3S. The highest BCUT2D eigenvalue weighted by atomic mass is 32.2. The summed E-state index contributed by atoms with van der Waals surface area (Å²) in [5.74, 6) is 1.14. The molecule has 3 aromatic carbocycles. The highest BCUT2D eigenvalue weighted by Crippen LogP contribution is 2.42. The number of aromatic nitrogens is 3. The molecule has 13 heteroatoms. The summed E-state index contributed by atoms with van der Waals surface area (Å²) >= 11 is 1.51. The van der Waals surface area contributed by atoms with E-state index in [4.69, 9.17) is 4.84 Å². The molecule has 0 spiro atoms. The van der Waals surface area contributed by atoms with E-state index in [1.54, 1.807) is 6.92 Å². The Morgan fingerprint density at radius 3 is 2.58 bits per heavy atom. The molecule has 0 radical (unpaired) electrons. The van der Waals surface area contributed by atoms with Crippen molar-refractivity contribution in [3.8, 4) is 22.8 Å². The van der Waals surface area contributed by atoms with Gasteiger partial charge in [0, 0.05) is 22.9 Å². The van der Waals surface area contributed by atoms with Crippen molar-refractivity contribution in [1.82, 2.24) is 20.2 Å². The highest BCUT2D eigenvalue weighted by Gasteiger charge is 2.33. The van der Waals surface area contributed by atoms with Crippen LogP contribution in [0.25, 0.3) is 17.1 Å². The minimum atomic E-state index is -4.76. The Morgan fingerprint density at radius 2 is 1.84 bits per heavy atom. The number of amidine groups is 1. The fraction of sp³-hybridized carbons (Fsp3) is 0.200. The molecule has 6 rings (SSSR count). The van der Waals surface area contributed by atoms with Gasteiger partial charge >= 0.3 is 12.4 Å². The van der Waals surface area contributed by atoms with Crippen molar-refractivity contribution in [2.45, 2.75) is 32.2 Å². The third-order valence-corrected chi connectivity index (χ3v) is 7.90. The molecule has 3 heterocycles. The molecule has 1 aromatic heterocycles. The van der Waals surface area contributed by atoms with E-state index in [1.807, 2.05) is 47.4 Å². The Kier molecular flexibility index (Phi) is 7.67. The SMILES string of the molecule is CC1C=C2CS/C(=N\C(=O)NOC(C)c3ccc(-c4ncn(-c5ccc(OC(F)(F)F)cc5)n4)cc3)N2c2ccccc21. The molecule has 2 amide bonds. The second-order valence-corrected chi connectivity index (χ2v) is 10.8. The van der Waals surface area contributed by atoms with Crippen LogP contribution >= 0.6 is 11.8 Å². The normalized spacial score (nSPS) is 17.7. The van der Waals surface area contributed by atoms with Crippen LogP contribution in [0.3, 0.4) is 0 Å². The number of hydrogen-bond donors (Lipinski definition) is 1. The molecule has 43 heavy (non-hydrogen) atoms. The number of carbonyl (C=O) groups is 1. The lowest BCUT2D eigenvalue weighted by Crippen LogP contribution is -2.29. The monoisotopic (exact) mass is 606 g/mol. The number of aliphatic imine (C=N–C) groups is 1. The van der Waals surface area contributed by atoms with Crippen LogP contribution < -0.4 is 15.1 Å². The first-order valence-electron chi connectivity index (χ1n) is 13.3. The first-order chi connectivity index (χ1) is 20.6. The van der Waals surface area contributed by atoms with Gasteiger partial charge in [-0.15, -0.1) is 18.3 Å². The number of rotatable bonds is 6. The average Bonchev–Trinajstić information content (AvgIpc) is 3.64. The number of nitrogens with zero attached hydrogens (tertiary/aromatic N) is 5. The number of hydrogen-bond acceptors (Lipinski definition) is 6. The van der Waals surface area contributed by atoms with E-state index in [1.165, 1.54) is 52.6 Å². The number of carbonyl (C=O) groups excluding carboxylic acids is 1. The largest absolute Gasteiger partial charge is 0.573 e. The standard InChI is InChI=1S/C30H25F3N6O3S/c1-18-15-23-16-43-29(39(23)26-6-4-3-5-25(18)26)35-28(40)37-42-19(2)20-7-9-21(10-8-20)27-34-17-38(36-27)22-11-13-24(14-12-22)41-30(31,32)33/h3-15,17-19H,16H2,1-2H3,(H,37,40)/b35-29-. The van der Waals surface area contributed by atoms with E-state index >= 15 is 0 Å². The number of allylic oxidation sites excluding steroid dienone is 1. The molecule has 1 saturated heterocycles. The Bertz CT molecular complexity index is 1700. The minimum Gasteiger partial charge on any atom is -0.406 e. The summed E-state index contributed by atoms with van der Waals surface area (Å²) in [5.41, 5.74) is 7.82. The quantitative estimate of drug-likeness (QED) is 0.233. The maximum absolute atomic E-state index is 12.7. The van der Waals surface area contributed by atoms with Crippen molar-refractivity contribution >= 4 is 28.6 Å². The second kappa shape index (κ2) is 11.6. The van der Waals surface area contributed by atoms with Gasteiger partial charge in [0.1, 0.15) is 18.2 Å². The van der Waals surface area contributed by atoms with Crippen LogP contribution in [0.4, 0.5) is 23.7 Å². The van der Waals surface area contributed by atoms with Gasteiger partial charge in [-0.05, 0) is 48.4 Å². The molecule has 0 saturated carbocycles. The molecule has 220 valence electrons. The number of nitrogens with one attached hydrogen (secondary N) is 1. The van der Waals surface area contributed by atoms with Crippen molar-refractivity contribution < 1.29 is 27.5 Å². The van der Waals surface area contributed by atoms with Crippen molar-refractivity contribution in [3.05, 3.63) is 102 Å². The summed E-state index contributed by atoms with van der Waals surface area (Å²) in [6.07, 6.45) is -1.56. The Morgan fingerprint density at radius 1 is 1.09 bits per heavy atom. The molecular weight excluding hydrogens is 581 g/mol. The number of urea groups is 1. The van der Waals surface area contributed by atoms with Crippen molar-refractivity contribution in [1.29, 1.82) is 0 Å². The number of halogens is 3. The van der Waals surface area contributed by atoms with Crippen LogP contribution in [-0.4, -0.2) is 38.1 Å². The van der Waals surface area contributed by atoms with Crippen molar-refractivity contribution in [2.24, 2.45) is 4.99 Å². The summed E-state index contributed by atoms with van der Waals surface area (Å²) in [4.78, 5) is 28.9. The van der Waals surface area contributed by atoms with Crippen LogP contribution in [0, 0.1) is 0 Å². The molecule has 2 unspecified atom stereocenters. The average molecular weight is 607 g/mol. The number of benzene rings is 3. The number of anilines is 1. The molecule has 0 aliphatic carbocycles. The van der Waals surface area contributed by atoms with Gasteiger partial charge < -0.3 is 4.74 Å². The van der Waals surface area contributed by atoms with Gasteiger partial charge in [-0.2, -0.15) is 4.99 Å². The zero-order valence-corrected chi connectivity index (χ0v) is 23.8. The summed E-state index contributed by atoms with van der Waals surface area (Å²) < 4.78 is 42.6. The zero-order valence-electron chi connectivity index (χ0n) is 22.9. The van der Waals surface area contributed by atoms with Crippen LogP contribution in [0.1, 0.15) is 37.0 Å². The number of para-hydroxylation sites is 1. The Balaban J connectivity index is 1.06. The number of alkyl halides is 3. The van der Waals surface area contributed by atoms with Gasteiger partial charge in [-0.1, -0.05) is 67.2 Å². The number of amides is 2. The predicted octanol–water partition coefficient (Wildman–Crippen LogP) is 7.15. The summed E-state index contributed by atoms with van der Waals surface area (Å²) in [7, 11) is 0. The first kappa shape index (κ1) is 28.5. The third-order valence-electron chi connectivity index (χ3n) is 6.92. The van der Waals surface area contributed by atoms with Gasteiger partial charge in [0.25, 0.3) is 0 Å². The number of thioether (sulfide) groups is 1. The van der Waals surface area contributed by atoms with E-state index in [0.29, 0.717) is 22.6 Å². The maximum atomic E-state index is 12.7. The number of fused-ring (bicyclic) bond motifs is 3. The van der Waals surface area contributed by atoms with Crippen molar-refractivity contribution in [3.63, 3.8) is 0 Å². The lowest BCUT2D eigenvalue weighted by molar-refractivity contribution is -0.274. The van der Waals surface area contributed by atoms with Gasteiger partial charge in [0.2, 0.25) is 0 Å². The summed E-state index contributed by atoms with van der Waals surface area (Å²) in [5, 5.41) is 5.01. The van der Waals surface area contributed by atoms with E-state index < -0.39 is 18.5 Å². The molecule has 9 nitrogen and oxygen atoms in total. The molecule has 1 fully saturated rings. The van der Waals surface area contributed by atoms with E-state index in [-0.39, 0.29) is 5.75 Å². The van der Waals surface area contributed by atoms with Gasteiger partial charge in [0.15, 0.2) is 11.0 Å². The zero-order chi connectivity index (χ0) is 30.1. The molecule has 4 aromatic rings. The maximum Gasteiger partial charge on any atom is 0.573 e. The van der Waals surface area contributed by atoms with Crippen LogP contribution in [0.15, 0.2) is 95.9 Å². The fourth-order valence-corrected chi connectivity index (χ4v) is 5.84. The number of hydroxylamine groups is 1. The van der Waals surface area contributed by atoms with Gasteiger partial charge in [-0.3, -0.25) is 9.74 Å². The summed E-state index contributed by atoms with van der Waals surface area (Å²) in [6, 6.07) is 20.1. The lowest BCUT2D eigenvalue weighted by atomic mass is 9.94. The van der Waals surface area contributed by atoms with Gasteiger partial charge in [0.05, 0.1) is 11.4 Å². The smallest absolute Gasteiger partial charge is 0.406 e. The van der Waals surface area contributed by atoms with Crippen LogP contribution in [-0.2, 0) is 4.84 Å². The predicted molar refractivity (Wildman–Crippen MR) is 157 cm³/mol. The molecule has 2 atom stereocenters. The second-order valence-electron chi connectivity index (χ2n) is 9.87. The van der Waals surface area contributed by atoms with E-state index in [0.717, 1.165) is 28.3 Å².